The van der Waals surface area contributed by atoms with E-state index in [9.17, 15) is 17.6 Å². The second-order valence-electron chi connectivity index (χ2n) is 4.98. The van der Waals surface area contributed by atoms with Crippen LogP contribution in [-0.2, 0) is 16.6 Å². The first kappa shape index (κ1) is 16.5. The number of benzene rings is 2. The third kappa shape index (κ3) is 2.90. The van der Waals surface area contributed by atoms with Gasteiger partial charge in [0, 0.05) is 12.6 Å². The number of anilines is 1. The lowest BCUT2D eigenvalue weighted by molar-refractivity contribution is 0.512. The van der Waals surface area contributed by atoms with Gasteiger partial charge < -0.3 is 4.42 Å². The lowest BCUT2D eigenvalue weighted by Crippen LogP contribution is -2.13. The lowest BCUT2D eigenvalue weighted by atomic mass is 10.3. The van der Waals surface area contributed by atoms with Gasteiger partial charge in [-0.2, -0.15) is 0 Å². The van der Waals surface area contributed by atoms with Crippen LogP contribution >= 0.6 is 11.6 Å². The molecule has 1 N–H and O–H groups in total. The maximum atomic E-state index is 13.1. The maximum Gasteiger partial charge on any atom is 0.419 e. The van der Waals surface area contributed by atoms with Crippen LogP contribution in [0.15, 0.2) is 50.5 Å². The van der Waals surface area contributed by atoms with Gasteiger partial charge in [0.15, 0.2) is 5.58 Å². The highest BCUT2D eigenvalue weighted by molar-refractivity contribution is 7.92. The van der Waals surface area contributed by atoms with E-state index in [0.717, 1.165) is 6.07 Å². The SMILES string of the molecule is CCn1c(=O)oc2cc(S(=O)(=O)Nc3ccc(F)c(Cl)c3)ccc21. The van der Waals surface area contributed by atoms with Crippen molar-refractivity contribution in [1.82, 2.24) is 4.57 Å². The average Bonchev–Trinajstić information content (AvgIpc) is 2.84. The quantitative estimate of drug-likeness (QED) is 0.764. The minimum absolute atomic E-state index is 0.0903. The zero-order valence-electron chi connectivity index (χ0n) is 12.4. The topological polar surface area (TPSA) is 81.3 Å². The third-order valence-corrected chi connectivity index (χ3v) is 5.11. The number of aromatic nitrogens is 1. The molecule has 126 valence electrons. The van der Waals surface area contributed by atoms with Crippen molar-refractivity contribution in [2.24, 2.45) is 0 Å². The number of oxazole rings is 1. The fourth-order valence-electron chi connectivity index (χ4n) is 2.29. The van der Waals surface area contributed by atoms with E-state index in [1.54, 1.807) is 6.92 Å². The molecule has 2 aromatic carbocycles. The smallest absolute Gasteiger partial charge is 0.408 e. The Morgan fingerprint density at radius 3 is 2.67 bits per heavy atom. The molecule has 0 saturated carbocycles. The Balaban J connectivity index is 2.01. The molecule has 0 atom stereocenters. The predicted molar refractivity (Wildman–Crippen MR) is 88.4 cm³/mol. The largest absolute Gasteiger partial charge is 0.419 e. The van der Waals surface area contributed by atoms with Gasteiger partial charge in [-0.1, -0.05) is 11.6 Å². The van der Waals surface area contributed by atoms with Gasteiger partial charge in [0.1, 0.15) is 5.82 Å². The van der Waals surface area contributed by atoms with Crippen molar-refractivity contribution in [3.8, 4) is 0 Å². The summed E-state index contributed by atoms with van der Waals surface area (Å²) in [7, 11) is -3.95. The van der Waals surface area contributed by atoms with Crippen molar-refractivity contribution in [2.45, 2.75) is 18.4 Å². The predicted octanol–water partition coefficient (Wildman–Crippen LogP) is 3.21. The Bertz CT molecular complexity index is 1090. The number of nitrogens with zero attached hydrogens (tertiary/aromatic N) is 1. The molecule has 0 unspecified atom stereocenters. The second kappa shape index (κ2) is 5.95. The van der Waals surface area contributed by atoms with Crippen LogP contribution in [0, 0.1) is 5.82 Å². The molecule has 3 rings (SSSR count). The minimum Gasteiger partial charge on any atom is -0.408 e. The van der Waals surface area contributed by atoms with Gasteiger partial charge in [-0.05, 0) is 37.3 Å². The van der Waals surface area contributed by atoms with Crippen LogP contribution in [0.5, 0.6) is 0 Å². The minimum atomic E-state index is -3.95. The molecule has 0 aliphatic rings. The molecule has 0 spiro atoms. The molecule has 0 bridgehead atoms. The van der Waals surface area contributed by atoms with Crippen LogP contribution in [0.2, 0.25) is 5.02 Å². The maximum absolute atomic E-state index is 13.1. The Morgan fingerprint density at radius 1 is 1.25 bits per heavy atom. The molecule has 0 aliphatic heterocycles. The number of fused-ring (bicyclic) bond motifs is 1. The van der Waals surface area contributed by atoms with E-state index in [1.165, 1.54) is 34.9 Å². The fraction of sp³-hybridized carbons (Fsp3) is 0.133. The number of rotatable bonds is 4. The summed E-state index contributed by atoms with van der Waals surface area (Å²) in [6, 6.07) is 7.60. The molecule has 0 aliphatic carbocycles. The van der Waals surface area contributed by atoms with Crippen LogP contribution in [0.25, 0.3) is 11.1 Å². The molecule has 0 saturated heterocycles. The van der Waals surface area contributed by atoms with Crippen LogP contribution in [-0.4, -0.2) is 13.0 Å². The molecular formula is C15H12ClFN2O4S. The van der Waals surface area contributed by atoms with E-state index >= 15 is 0 Å². The van der Waals surface area contributed by atoms with E-state index in [-0.39, 0.29) is 21.2 Å². The Morgan fingerprint density at radius 2 is 2.00 bits per heavy atom. The van der Waals surface area contributed by atoms with Crippen LogP contribution in [0.1, 0.15) is 6.92 Å². The van der Waals surface area contributed by atoms with Gasteiger partial charge in [-0.25, -0.2) is 17.6 Å². The van der Waals surface area contributed by atoms with Crippen molar-refractivity contribution in [1.29, 1.82) is 0 Å². The number of halogens is 2. The first-order valence-electron chi connectivity index (χ1n) is 6.93. The number of aryl methyl sites for hydroxylation is 1. The molecule has 24 heavy (non-hydrogen) atoms. The molecule has 6 nitrogen and oxygen atoms in total. The Kier molecular flexibility index (Phi) is 4.10. The van der Waals surface area contributed by atoms with Gasteiger partial charge in [0.2, 0.25) is 0 Å². The van der Waals surface area contributed by atoms with Crippen molar-refractivity contribution >= 4 is 38.4 Å². The summed E-state index contributed by atoms with van der Waals surface area (Å²) in [5.41, 5.74) is 0.794. The molecule has 0 amide bonds. The molecule has 9 heteroatoms. The molecular weight excluding hydrogens is 359 g/mol. The third-order valence-electron chi connectivity index (χ3n) is 3.44. The summed E-state index contributed by atoms with van der Waals surface area (Å²) < 4.78 is 46.7. The number of hydrogen-bond donors (Lipinski definition) is 1. The summed E-state index contributed by atoms with van der Waals surface area (Å²) in [5.74, 6) is -1.20. The first-order valence-corrected chi connectivity index (χ1v) is 8.79. The summed E-state index contributed by atoms with van der Waals surface area (Å²) in [6.07, 6.45) is 0. The lowest BCUT2D eigenvalue weighted by Gasteiger charge is -2.08. The van der Waals surface area contributed by atoms with E-state index in [2.05, 4.69) is 4.72 Å². The second-order valence-corrected chi connectivity index (χ2v) is 7.07. The first-order chi connectivity index (χ1) is 11.3. The zero-order chi connectivity index (χ0) is 17.5. The van der Waals surface area contributed by atoms with Crippen molar-refractivity contribution in [2.75, 3.05) is 4.72 Å². The summed E-state index contributed by atoms with van der Waals surface area (Å²) >= 11 is 5.64. The standard InChI is InChI=1S/C15H12ClFN2O4S/c1-2-19-13-6-4-10(8-14(13)23-15(19)20)24(21,22)18-9-3-5-12(17)11(16)7-9/h3-8,18H,2H2,1H3. The highest BCUT2D eigenvalue weighted by atomic mass is 35.5. The molecule has 0 radical (unpaired) electrons. The van der Waals surface area contributed by atoms with E-state index in [1.807, 2.05) is 0 Å². The monoisotopic (exact) mass is 370 g/mol. The normalized spacial score (nSPS) is 11.8. The van der Waals surface area contributed by atoms with Gasteiger partial charge >= 0.3 is 5.76 Å². The summed E-state index contributed by atoms with van der Waals surface area (Å²) in [5, 5.41) is -0.198. The Labute approximate surface area is 141 Å². The highest BCUT2D eigenvalue weighted by Crippen LogP contribution is 2.24. The van der Waals surface area contributed by atoms with Gasteiger partial charge in [0.25, 0.3) is 10.0 Å². The number of sulfonamides is 1. The van der Waals surface area contributed by atoms with Crippen LogP contribution in [0.3, 0.4) is 0 Å². The summed E-state index contributed by atoms with van der Waals surface area (Å²) in [4.78, 5) is 11.6. The van der Waals surface area contributed by atoms with E-state index in [0.29, 0.717) is 12.1 Å². The Hall–Kier alpha value is -2.32. The fourth-order valence-corrected chi connectivity index (χ4v) is 3.53. The molecule has 3 aromatic rings. The van der Waals surface area contributed by atoms with Crippen molar-refractivity contribution in [3.63, 3.8) is 0 Å². The zero-order valence-corrected chi connectivity index (χ0v) is 14.0. The van der Waals surface area contributed by atoms with Crippen LogP contribution < -0.4 is 10.5 Å². The van der Waals surface area contributed by atoms with Gasteiger partial charge in [-0.15, -0.1) is 0 Å². The van der Waals surface area contributed by atoms with Crippen LogP contribution in [0.4, 0.5) is 10.1 Å². The van der Waals surface area contributed by atoms with Crippen molar-refractivity contribution in [3.05, 3.63) is 57.8 Å². The van der Waals surface area contributed by atoms with Gasteiger partial charge in [0.05, 0.1) is 21.1 Å². The number of hydrogen-bond acceptors (Lipinski definition) is 4. The molecule has 1 aromatic heterocycles. The molecule has 0 fully saturated rings. The molecule has 1 heterocycles. The summed E-state index contributed by atoms with van der Waals surface area (Å²) in [6.45, 7) is 2.19. The average molecular weight is 371 g/mol. The number of nitrogens with one attached hydrogen (secondary N) is 1. The van der Waals surface area contributed by atoms with E-state index < -0.39 is 21.6 Å². The van der Waals surface area contributed by atoms with Gasteiger partial charge in [-0.3, -0.25) is 9.29 Å². The van der Waals surface area contributed by atoms with Crippen molar-refractivity contribution < 1.29 is 17.2 Å². The van der Waals surface area contributed by atoms with E-state index in [4.69, 9.17) is 16.0 Å². The highest BCUT2D eigenvalue weighted by Gasteiger charge is 2.18.